The number of ether oxygens (including phenoxy) is 1. The quantitative estimate of drug-likeness (QED) is 0.281. The summed E-state index contributed by atoms with van der Waals surface area (Å²) in [7, 11) is -4.77. The molecule has 0 unspecified atom stereocenters. The Bertz CT molecular complexity index is 262. The van der Waals surface area contributed by atoms with Gasteiger partial charge in [0.2, 0.25) is 0 Å². The van der Waals surface area contributed by atoms with Gasteiger partial charge in [-0.15, -0.1) is 0 Å². The van der Waals surface area contributed by atoms with Crippen LogP contribution in [0.2, 0.25) is 0 Å². The number of rotatable bonds is 2. The highest BCUT2D eigenvalue weighted by atomic mass is 31.2. The minimum absolute atomic E-state index is 0.721. The average Bonchev–Trinajstić information content (AvgIpc) is 2.13. The maximum Gasteiger partial charge on any atom is 0.356 e. The number of aliphatic hydroxyl groups is 4. The summed E-state index contributed by atoms with van der Waals surface area (Å²) in [5.41, 5.74) is 0. The zero-order chi connectivity index (χ0) is 11.8. The predicted octanol–water partition coefficient (Wildman–Crippen LogP) is -3.04. The molecule has 9 heteroatoms. The molecule has 0 spiro atoms. The second-order valence-electron chi connectivity index (χ2n) is 3.31. The third-order valence-corrected chi connectivity index (χ3v) is 3.29. The Hall–Kier alpha value is -0.0500. The first-order valence-corrected chi connectivity index (χ1v) is 5.83. The fourth-order valence-electron chi connectivity index (χ4n) is 1.36. The molecule has 1 heterocycles. The average molecular weight is 244 g/mol. The molecular weight excluding hydrogens is 231 g/mol. The van der Waals surface area contributed by atoms with Gasteiger partial charge < -0.3 is 34.9 Å². The fourth-order valence-corrected chi connectivity index (χ4v) is 2.25. The van der Waals surface area contributed by atoms with Gasteiger partial charge in [-0.3, -0.25) is 4.57 Å². The first kappa shape index (κ1) is 13.0. The van der Waals surface area contributed by atoms with Crippen LogP contribution in [0.25, 0.3) is 0 Å². The Morgan fingerprint density at radius 2 is 1.60 bits per heavy atom. The van der Waals surface area contributed by atoms with Crippen LogP contribution in [0.4, 0.5) is 0 Å². The third kappa shape index (κ3) is 2.55. The molecular formula is C6H13O8P. The van der Waals surface area contributed by atoms with E-state index in [4.69, 9.17) is 14.9 Å². The normalized spacial score (nSPS) is 42.9. The lowest BCUT2D eigenvalue weighted by atomic mass is 10.0. The summed E-state index contributed by atoms with van der Waals surface area (Å²) in [6.45, 7) is -0.721. The predicted molar refractivity (Wildman–Crippen MR) is 45.8 cm³/mol. The summed E-state index contributed by atoms with van der Waals surface area (Å²) in [6.07, 6.45) is -6.59. The molecule has 6 N–H and O–H groups in total. The van der Waals surface area contributed by atoms with E-state index < -0.39 is 44.5 Å². The van der Waals surface area contributed by atoms with Crippen LogP contribution in [0.15, 0.2) is 0 Å². The summed E-state index contributed by atoms with van der Waals surface area (Å²) < 4.78 is 15.5. The molecule has 5 atom stereocenters. The van der Waals surface area contributed by atoms with E-state index in [0.717, 1.165) is 0 Å². The SMILES string of the molecule is O=P(O)(O)[C@H]1O[C@H](CO)[C@@H](O)[C@H](O)[C@H]1O. The van der Waals surface area contributed by atoms with Crippen molar-refractivity contribution in [3.05, 3.63) is 0 Å². The molecule has 0 aromatic heterocycles. The van der Waals surface area contributed by atoms with Gasteiger partial charge in [0.25, 0.3) is 0 Å². The third-order valence-electron chi connectivity index (χ3n) is 2.20. The number of aliphatic hydroxyl groups excluding tert-OH is 4. The van der Waals surface area contributed by atoms with Crippen molar-refractivity contribution in [1.29, 1.82) is 0 Å². The minimum Gasteiger partial charge on any atom is -0.394 e. The van der Waals surface area contributed by atoms with Crippen LogP contribution in [0.1, 0.15) is 0 Å². The molecule has 0 bridgehead atoms. The Labute approximate surface area is 84.9 Å². The van der Waals surface area contributed by atoms with Gasteiger partial charge in [-0.2, -0.15) is 0 Å². The summed E-state index contributed by atoms with van der Waals surface area (Å²) in [4.78, 5) is 17.6. The van der Waals surface area contributed by atoms with E-state index >= 15 is 0 Å². The molecule has 0 aromatic carbocycles. The Morgan fingerprint density at radius 3 is 2.00 bits per heavy atom. The molecule has 0 aromatic rings. The van der Waals surface area contributed by atoms with Crippen LogP contribution in [-0.2, 0) is 9.30 Å². The molecule has 1 saturated heterocycles. The van der Waals surface area contributed by atoms with Crippen LogP contribution < -0.4 is 0 Å². The van der Waals surface area contributed by atoms with Crippen molar-refractivity contribution in [3.63, 3.8) is 0 Å². The number of hydrogen-bond acceptors (Lipinski definition) is 6. The molecule has 1 fully saturated rings. The van der Waals surface area contributed by atoms with Crippen molar-refractivity contribution in [1.82, 2.24) is 0 Å². The smallest absolute Gasteiger partial charge is 0.356 e. The topological polar surface area (TPSA) is 148 Å². The fraction of sp³-hybridized carbons (Fsp3) is 1.00. The summed E-state index contributed by atoms with van der Waals surface area (Å²) in [5.74, 6) is -1.94. The standard InChI is InChI=1S/C6H13O8P/c7-1-2-3(8)4(9)5(10)6(14-2)15(11,12)13/h2-10H,1H2,(H2,11,12,13)/t2-,3-,4+,5-,6-/m1/s1. The maximum atomic E-state index is 10.8. The minimum atomic E-state index is -4.77. The van der Waals surface area contributed by atoms with Gasteiger partial charge in [-0.1, -0.05) is 0 Å². The largest absolute Gasteiger partial charge is 0.394 e. The molecule has 0 amide bonds. The van der Waals surface area contributed by atoms with E-state index in [-0.39, 0.29) is 0 Å². The van der Waals surface area contributed by atoms with Crippen LogP contribution in [0.3, 0.4) is 0 Å². The second-order valence-corrected chi connectivity index (χ2v) is 5.00. The van der Waals surface area contributed by atoms with Crippen molar-refractivity contribution < 1.29 is 39.5 Å². The van der Waals surface area contributed by atoms with Gasteiger partial charge >= 0.3 is 7.60 Å². The van der Waals surface area contributed by atoms with Crippen molar-refractivity contribution in [2.75, 3.05) is 6.61 Å². The van der Waals surface area contributed by atoms with E-state index in [1.54, 1.807) is 0 Å². The molecule has 1 aliphatic rings. The first-order chi connectivity index (χ1) is 6.79. The molecule has 1 aliphatic heterocycles. The highest BCUT2D eigenvalue weighted by Gasteiger charge is 2.50. The zero-order valence-corrected chi connectivity index (χ0v) is 8.44. The van der Waals surface area contributed by atoms with Crippen LogP contribution in [0, 0.1) is 0 Å². The van der Waals surface area contributed by atoms with E-state index in [9.17, 15) is 19.9 Å². The zero-order valence-electron chi connectivity index (χ0n) is 7.54. The van der Waals surface area contributed by atoms with E-state index in [1.807, 2.05) is 0 Å². The molecule has 15 heavy (non-hydrogen) atoms. The van der Waals surface area contributed by atoms with E-state index in [1.165, 1.54) is 0 Å². The van der Waals surface area contributed by atoms with Gasteiger partial charge in [0.1, 0.15) is 24.4 Å². The highest BCUT2D eigenvalue weighted by molar-refractivity contribution is 7.52. The molecule has 90 valence electrons. The Kier molecular flexibility index (Phi) is 3.85. The van der Waals surface area contributed by atoms with E-state index in [2.05, 4.69) is 4.74 Å². The number of hydrogen-bond donors (Lipinski definition) is 6. The van der Waals surface area contributed by atoms with Crippen LogP contribution in [-0.4, -0.2) is 67.1 Å². The lowest BCUT2D eigenvalue weighted by Gasteiger charge is -2.39. The molecule has 0 aliphatic carbocycles. The van der Waals surface area contributed by atoms with Gasteiger partial charge in [0, 0.05) is 0 Å². The Balaban J connectivity index is 2.88. The molecule has 0 saturated carbocycles. The maximum absolute atomic E-state index is 10.8. The Morgan fingerprint density at radius 1 is 1.07 bits per heavy atom. The van der Waals surface area contributed by atoms with E-state index in [0.29, 0.717) is 0 Å². The van der Waals surface area contributed by atoms with Crippen molar-refractivity contribution >= 4 is 7.60 Å². The summed E-state index contributed by atoms with van der Waals surface area (Å²) >= 11 is 0. The van der Waals surface area contributed by atoms with Crippen molar-refractivity contribution in [2.45, 2.75) is 30.3 Å². The van der Waals surface area contributed by atoms with Gasteiger partial charge in [-0.05, 0) is 0 Å². The summed E-state index contributed by atoms with van der Waals surface area (Å²) in [6, 6.07) is 0. The monoisotopic (exact) mass is 244 g/mol. The second kappa shape index (κ2) is 4.44. The van der Waals surface area contributed by atoms with Crippen molar-refractivity contribution in [2.24, 2.45) is 0 Å². The highest BCUT2D eigenvalue weighted by Crippen LogP contribution is 2.46. The lowest BCUT2D eigenvalue weighted by Crippen LogP contribution is -2.58. The molecule has 0 radical (unpaired) electrons. The van der Waals surface area contributed by atoms with Crippen molar-refractivity contribution in [3.8, 4) is 0 Å². The lowest BCUT2D eigenvalue weighted by molar-refractivity contribution is -0.211. The van der Waals surface area contributed by atoms with Crippen LogP contribution >= 0.6 is 7.60 Å². The van der Waals surface area contributed by atoms with Gasteiger partial charge in [0.15, 0.2) is 5.85 Å². The van der Waals surface area contributed by atoms with Gasteiger partial charge in [0.05, 0.1) is 6.61 Å². The summed E-state index contributed by atoms with van der Waals surface area (Å²) in [5, 5.41) is 36.5. The first-order valence-electron chi connectivity index (χ1n) is 4.14. The molecule has 1 rings (SSSR count). The van der Waals surface area contributed by atoms with Gasteiger partial charge in [-0.25, -0.2) is 0 Å². The van der Waals surface area contributed by atoms with Crippen LogP contribution in [0.5, 0.6) is 0 Å². The molecule has 8 nitrogen and oxygen atoms in total.